The average molecular weight is 271 g/mol. The van der Waals surface area contributed by atoms with Gasteiger partial charge >= 0.3 is 5.97 Å². The van der Waals surface area contributed by atoms with Crippen LogP contribution in [-0.4, -0.2) is 35.3 Å². The molecule has 18 heavy (non-hydrogen) atoms. The molecule has 1 aromatic rings. The van der Waals surface area contributed by atoms with Gasteiger partial charge in [0.05, 0.1) is 6.61 Å². The molecule has 2 atom stereocenters. The molecule has 0 aromatic carbocycles. The summed E-state index contributed by atoms with van der Waals surface area (Å²) < 4.78 is 5.31. The van der Waals surface area contributed by atoms with E-state index in [0.29, 0.717) is 18.3 Å². The van der Waals surface area contributed by atoms with E-state index in [1.54, 1.807) is 0 Å². The Kier molecular flexibility index (Phi) is 4.04. The predicted octanol–water partition coefficient (Wildman–Crippen LogP) is 2.27. The summed E-state index contributed by atoms with van der Waals surface area (Å²) in [7, 11) is 0. The van der Waals surface area contributed by atoms with Crippen molar-refractivity contribution in [2.24, 2.45) is 5.92 Å². The molecule has 2 heterocycles. The summed E-state index contributed by atoms with van der Waals surface area (Å²) in [6, 6.07) is 3.02. The Balaban J connectivity index is 2.16. The Morgan fingerprint density at radius 3 is 3.06 bits per heavy atom. The molecule has 5 nitrogen and oxygen atoms in total. The zero-order valence-corrected chi connectivity index (χ0v) is 10.8. The third kappa shape index (κ3) is 2.91. The van der Waals surface area contributed by atoms with Crippen molar-refractivity contribution in [1.82, 2.24) is 4.98 Å². The van der Waals surface area contributed by atoms with Crippen molar-refractivity contribution in [1.29, 1.82) is 0 Å². The van der Waals surface area contributed by atoms with Crippen molar-refractivity contribution in [2.75, 3.05) is 18.5 Å². The largest absolute Gasteiger partial charge is 0.478 e. The number of hydrogen-bond acceptors (Lipinski definition) is 4. The monoisotopic (exact) mass is 270 g/mol. The van der Waals surface area contributed by atoms with Crippen LogP contribution in [0.4, 0.5) is 5.82 Å². The Morgan fingerprint density at radius 2 is 2.44 bits per heavy atom. The number of carbonyl (C=O) groups is 1. The summed E-state index contributed by atoms with van der Waals surface area (Å²) in [4.78, 5) is 15.1. The molecule has 0 saturated carbocycles. The lowest BCUT2D eigenvalue weighted by molar-refractivity contribution is 0.0697. The molecule has 2 rings (SSSR count). The molecule has 0 spiro atoms. The molecule has 1 aromatic heterocycles. The van der Waals surface area contributed by atoms with Crippen molar-refractivity contribution in [3.63, 3.8) is 0 Å². The SMILES string of the molecule is CC(Nc1nc(Cl)ccc1C(=O)O)C1CCOC1. The minimum Gasteiger partial charge on any atom is -0.478 e. The van der Waals surface area contributed by atoms with E-state index in [2.05, 4.69) is 10.3 Å². The number of nitrogens with one attached hydrogen (secondary N) is 1. The van der Waals surface area contributed by atoms with Gasteiger partial charge in [-0.25, -0.2) is 9.78 Å². The fourth-order valence-electron chi connectivity index (χ4n) is 2.00. The highest BCUT2D eigenvalue weighted by Crippen LogP contribution is 2.22. The summed E-state index contributed by atoms with van der Waals surface area (Å²) in [5, 5.41) is 12.5. The molecule has 1 aliphatic rings. The standard InChI is InChI=1S/C12H15ClN2O3/c1-7(8-4-5-18-6-8)14-11-9(12(16)17)2-3-10(13)15-11/h2-3,7-8H,4-6H2,1H3,(H,14,15)(H,16,17). The Hall–Kier alpha value is -1.33. The van der Waals surface area contributed by atoms with Gasteiger partial charge in [-0.05, 0) is 25.5 Å². The number of hydrogen-bond donors (Lipinski definition) is 2. The number of nitrogens with zero attached hydrogens (tertiary/aromatic N) is 1. The van der Waals surface area contributed by atoms with Crippen molar-refractivity contribution in [2.45, 2.75) is 19.4 Å². The Morgan fingerprint density at radius 1 is 1.67 bits per heavy atom. The van der Waals surface area contributed by atoms with Crippen LogP contribution in [0.1, 0.15) is 23.7 Å². The minimum absolute atomic E-state index is 0.0940. The highest BCUT2D eigenvalue weighted by Gasteiger charge is 2.24. The predicted molar refractivity (Wildman–Crippen MR) is 68.2 cm³/mol. The summed E-state index contributed by atoms with van der Waals surface area (Å²) in [6.07, 6.45) is 0.969. The van der Waals surface area contributed by atoms with Crippen LogP contribution >= 0.6 is 11.6 Å². The molecule has 1 aliphatic heterocycles. The normalized spacial score (nSPS) is 20.7. The summed E-state index contributed by atoms with van der Waals surface area (Å²) in [6.45, 7) is 3.44. The lowest BCUT2D eigenvalue weighted by Crippen LogP contribution is -2.27. The minimum atomic E-state index is -1.02. The van der Waals surface area contributed by atoms with Gasteiger partial charge in [-0.15, -0.1) is 0 Å². The number of aromatic nitrogens is 1. The van der Waals surface area contributed by atoms with Crippen LogP contribution in [-0.2, 0) is 4.74 Å². The van der Waals surface area contributed by atoms with Crippen LogP contribution in [0.3, 0.4) is 0 Å². The Labute approximate surface area is 110 Å². The maximum Gasteiger partial charge on any atom is 0.339 e. The van der Waals surface area contributed by atoms with Crippen LogP contribution in [0.5, 0.6) is 0 Å². The van der Waals surface area contributed by atoms with Crippen LogP contribution in [0, 0.1) is 5.92 Å². The molecule has 0 bridgehead atoms. The van der Waals surface area contributed by atoms with Gasteiger partial charge in [-0.1, -0.05) is 11.6 Å². The molecule has 6 heteroatoms. The van der Waals surface area contributed by atoms with E-state index in [1.165, 1.54) is 12.1 Å². The zero-order valence-electron chi connectivity index (χ0n) is 10.0. The first-order valence-electron chi connectivity index (χ1n) is 5.82. The highest BCUT2D eigenvalue weighted by molar-refractivity contribution is 6.29. The fraction of sp³-hybridized carbons (Fsp3) is 0.500. The van der Waals surface area contributed by atoms with Crippen molar-refractivity contribution >= 4 is 23.4 Å². The van der Waals surface area contributed by atoms with Crippen molar-refractivity contribution < 1.29 is 14.6 Å². The van der Waals surface area contributed by atoms with Crippen LogP contribution in [0.25, 0.3) is 0 Å². The number of carboxylic acids is 1. The number of aromatic carboxylic acids is 1. The quantitative estimate of drug-likeness (QED) is 0.821. The first-order chi connectivity index (χ1) is 8.58. The number of pyridine rings is 1. The molecule has 1 fully saturated rings. The second-order valence-electron chi connectivity index (χ2n) is 4.39. The molecular formula is C12H15ClN2O3. The van der Waals surface area contributed by atoms with Gasteiger partial charge in [0.1, 0.15) is 16.5 Å². The topological polar surface area (TPSA) is 71.5 Å². The van der Waals surface area contributed by atoms with Crippen LogP contribution < -0.4 is 5.32 Å². The molecule has 98 valence electrons. The fourth-order valence-corrected chi connectivity index (χ4v) is 2.15. The van der Waals surface area contributed by atoms with Gasteiger partial charge in [-0.3, -0.25) is 0 Å². The molecular weight excluding hydrogens is 256 g/mol. The van der Waals surface area contributed by atoms with E-state index in [0.717, 1.165) is 13.0 Å². The van der Waals surface area contributed by atoms with Crippen molar-refractivity contribution in [3.8, 4) is 0 Å². The van der Waals surface area contributed by atoms with E-state index >= 15 is 0 Å². The first kappa shape index (κ1) is 13.1. The van der Waals surface area contributed by atoms with Gasteiger partial charge < -0.3 is 15.2 Å². The summed E-state index contributed by atoms with van der Waals surface area (Å²) in [5.74, 6) is -0.335. The van der Waals surface area contributed by atoms with Crippen molar-refractivity contribution in [3.05, 3.63) is 22.8 Å². The number of rotatable bonds is 4. The summed E-state index contributed by atoms with van der Waals surface area (Å²) in [5.41, 5.74) is 0.130. The first-order valence-corrected chi connectivity index (χ1v) is 6.20. The third-order valence-electron chi connectivity index (χ3n) is 3.13. The second-order valence-corrected chi connectivity index (χ2v) is 4.78. The Bertz CT molecular complexity index is 447. The lowest BCUT2D eigenvalue weighted by atomic mass is 10.0. The van der Waals surface area contributed by atoms with Gasteiger partial charge in [0.2, 0.25) is 0 Å². The van der Waals surface area contributed by atoms with E-state index < -0.39 is 5.97 Å². The second kappa shape index (κ2) is 5.54. The number of anilines is 1. The number of ether oxygens (including phenoxy) is 1. The van der Waals surface area contributed by atoms with E-state index in [1.807, 2.05) is 6.92 Å². The molecule has 2 unspecified atom stereocenters. The molecule has 0 radical (unpaired) electrons. The maximum atomic E-state index is 11.1. The van der Waals surface area contributed by atoms with E-state index in [4.69, 9.17) is 21.4 Å². The average Bonchev–Trinajstić information content (AvgIpc) is 2.81. The van der Waals surface area contributed by atoms with E-state index in [-0.39, 0.29) is 16.8 Å². The highest BCUT2D eigenvalue weighted by atomic mass is 35.5. The van der Waals surface area contributed by atoms with Crippen LogP contribution in [0.15, 0.2) is 12.1 Å². The number of carboxylic acid groups (broad SMARTS) is 1. The van der Waals surface area contributed by atoms with Gasteiger partial charge in [-0.2, -0.15) is 0 Å². The van der Waals surface area contributed by atoms with Gasteiger partial charge in [0.15, 0.2) is 0 Å². The molecule has 1 saturated heterocycles. The lowest BCUT2D eigenvalue weighted by Gasteiger charge is -2.20. The molecule has 0 amide bonds. The summed E-state index contributed by atoms with van der Waals surface area (Å²) >= 11 is 5.80. The third-order valence-corrected chi connectivity index (χ3v) is 3.34. The zero-order chi connectivity index (χ0) is 13.1. The molecule has 2 N–H and O–H groups in total. The van der Waals surface area contributed by atoms with Gasteiger partial charge in [0.25, 0.3) is 0 Å². The smallest absolute Gasteiger partial charge is 0.339 e. The number of halogens is 1. The maximum absolute atomic E-state index is 11.1. The van der Waals surface area contributed by atoms with E-state index in [9.17, 15) is 4.79 Å². The van der Waals surface area contributed by atoms with Gasteiger partial charge in [0, 0.05) is 18.6 Å². The molecule has 0 aliphatic carbocycles. The van der Waals surface area contributed by atoms with Crippen LogP contribution in [0.2, 0.25) is 5.15 Å².